The predicted molar refractivity (Wildman–Crippen MR) is 274 cm³/mol. The lowest BCUT2D eigenvalue weighted by Gasteiger charge is -2.19. The van der Waals surface area contributed by atoms with Gasteiger partial charge in [0.1, 0.15) is 11.6 Å². The summed E-state index contributed by atoms with van der Waals surface area (Å²) in [7, 11) is 0. The molecule has 8 aromatic carbocycles. The molecular weight excluding hydrogens is 803 g/mol. The summed E-state index contributed by atoms with van der Waals surface area (Å²) < 4.78 is 4.53. The van der Waals surface area contributed by atoms with E-state index in [1.807, 2.05) is 43.3 Å². The monoisotopic (exact) mass is 847 g/mol. The van der Waals surface area contributed by atoms with E-state index in [2.05, 4.69) is 200 Å². The van der Waals surface area contributed by atoms with Crippen LogP contribution in [0.25, 0.3) is 106 Å². The summed E-state index contributed by atoms with van der Waals surface area (Å²) in [6.45, 7) is 8.55. The molecule has 0 unspecified atom stereocenters. The SMILES string of the molecule is C/C=C\c1c(C)c2cc(-c3ccccc3C)ccc2n1-c1cc(-c2nc(-c3ccccc3)cc(-c3ccccc3)n2)cc(-n2c3ccccc3c3cc(-c4ccccc4C)ccc32)c1C#N. The number of benzene rings is 8. The molecule has 0 spiro atoms. The highest BCUT2D eigenvalue weighted by atomic mass is 15.0. The lowest BCUT2D eigenvalue weighted by molar-refractivity contribution is 1.06. The fourth-order valence-electron chi connectivity index (χ4n) is 9.74. The van der Waals surface area contributed by atoms with Gasteiger partial charge in [-0.25, -0.2) is 9.97 Å². The van der Waals surface area contributed by atoms with Crippen LogP contribution in [0.15, 0.2) is 194 Å². The van der Waals surface area contributed by atoms with Crippen LogP contribution < -0.4 is 0 Å². The molecule has 0 saturated carbocycles. The molecule has 0 amide bonds. The molecule has 3 aromatic heterocycles. The van der Waals surface area contributed by atoms with Crippen molar-refractivity contribution in [3.05, 3.63) is 222 Å². The molecule has 0 aliphatic rings. The van der Waals surface area contributed by atoms with Gasteiger partial charge < -0.3 is 9.13 Å². The molecule has 0 radical (unpaired) electrons. The molecule has 0 fully saturated rings. The quantitative estimate of drug-likeness (QED) is 0.153. The van der Waals surface area contributed by atoms with Crippen molar-refractivity contribution in [1.82, 2.24) is 19.1 Å². The molecule has 0 aliphatic heterocycles. The highest BCUT2D eigenvalue weighted by Crippen LogP contribution is 2.42. The van der Waals surface area contributed by atoms with Crippen LogP contribution in [0.4, 0.5) is 0 Å². The minimum Gasteiger partial charge on any atom is -0.308 e. The summed E-state index contributed by atoms with van der Waals surface area (Å²) in [5.41, 5.74) is 18.7. The highest BCUT2D eigenvalue weighted by molar-refractivity contribution is 6.11. The lowest BCUT2D eigenvalue weighted by atomic mass is 9.98. The summed E-state index contributed by atoms with van der Waals surface area (Å²) in [6, 6.07) is 68.6. The molecule has 0 bridgehead atoms. The van der Waals surface area contributed by atoms with Gasteiger partial charge in [0.05, 0.1) is 39.3 Å². The Labute approximate surface area is 384 Å². The van der Waals surface area contributed by atoms with Crippen LogP contribution in [0.3, 0.4) is 0 Å². The van der Waals surface area contributed by atoms with Gasteiger partial charge in [-0.2, -0.15) is 5.26 Å². The lowest BCUT2D eigenvalue weighted by Crippen LogP contribution is -2.07. The van der Waals surface area contributed by atoms with Crippen LogP contribution in [-0.4, -0.2) is 19.1 Å². The van der Waals surface area contributed by atoms with E-state index >= 15 is 0 Å². The van der Waals surface area contributed by atoms with E-state index in [1.54, 1.807) is 0 Å². The van der Waals surface area contributed by atoms with Gasteiger partial charge in [-0.1, -0.05) is 146 Å². The summed E-state index contributed by atoms with van der Waals surface area (Å²) in [5.74, 6) is 0.562. The molecule has 5 heteroatoms. The Kier molecular flexibility index (Phi) is 10.1. The first-order chi connectivity index (χ1) is 32.4. The summed E-state index contributed by atoms with van der Waals surface area (Å²) >= 11 is 0. The van der Waals surface area contributed by atoms with Crippen LogP contribution >= 0.6 is 0 Å². The number of nitriles is 1. The van der Waals surface area contributed by atoms with Crippen molar-refractivity contribution in [1.29, 1.82) is 5.26 Å². The summed E-state index contributed by atoms with van der Waals surface area (Å²) in [4.78, 5) is 10.7. The molecule has 11 rings (SSSR count). The first-order valence-corrected chi connectivity index (χ1v) is 22.4. The minimum absolute atomic E-state index is 0.539. The van der Waals surface area contributed by atoms with Crippen molar-refractivity contribution in [2.24, 2.45) is 0 Å². The standard InChI is InChI=1S/C61H45N5/c1-5-18-55-41(4)50-33-44(47-25-14-12-19-39(47)2)29-31-57(50)65(55)59-35-46(61-63-53(42-21-8-6-9-22-42)37-54(64-61)43-23-10-7-11-24-43)36-60(52(59)38-62)66-56-28-17-16-27-49(56)51-34-45(30-32-58(51)66)48-26-15-13-20-40(48)3/h5-37H,1-4H3/b18-5-. The van der Waals surface area contributed by atoms with Crippen LogP contribution in [0.1, 0.15) is 34.9 Å². The van der Waals surface area contributed by atoms with Crippen molar-refractivity contribution in [3.8, 4) is 73.6 Å². The smallest absolute Gasteiger partial charge is 0.160 e. The van der Waals surface area contributed by atoms with E-state index in [0.717, 1.165) is 94.5 Å². The largest absolute Gasteiger partial charge is 0.308 e. The molecule has 11 aromatic rings. The van der Waals surface area contributed by atoms with Gasteiger partial charge in [-0.05, 0) is 121 Å². The number of aryl methyl sites for hydroxylation is 3. The first-order valence-electron chi connectivity index (χ1n) is 22.4. The van der Waals surface area contributed by atoms with Crippen LogP contribution in [-0.2, 0) is 0 Å². The first kappa shape index (κ1) is 40.2. The third-order valence-corrected chi connectivity index (χ3v) is 13.0. The van der Waals surface area contributed by atoms with E-state index in [4.69, 9.17) is 9.97 Å². The van der Waals surface area contributed by atoms with Crippen LogP contribution in [0.5, 0.6) is 0 Å². The van der Waals surface area contributed by atoms with Crippen molar-refractivity contribution in [2.45, 2.75) is 27.7 Å². The summed E-state index contributed by atoms with van der Waals surface area (Å²) in [6.07, 6.45) is 4.23. The summed E-state index contributed by atoms with van der Waals surface area (Å²) in [5, 5.41) is 15.0. The van der Waals surface area contributed by atoms with E-state index in [0.29, 0.717) is 11.4 Å². The Balaban J connectivity index is 1.25. The number of allylic oxidation sites excluding steroid dienone is 1. The Hall–Kier alpha value is -8.59. The number of aromatic nitrogens is 4. The number of hydrogen-bond acceptors (Lipinski definition) is 3. The maximum Gasteiger partial charge on any atom is 0.160 e. The Morgan fingerprint density at radius 1 is 0.455 bits per heavy atom. The van der Waals surface area contributed by atoms with Crippen LogP contribution in [0, 0.1) is 32.1 Å². The van der Waals surface area contributed by atoms with Crippen molar-refractivity contribution in [3.63, 3.8) is 0 Å². The Morgan fingerprint density at radius 3 is 1.53 bits per heavy atom. The zero-order valence-electron chi connectivity index (χ0n) is 37.3. The van der Waals surface area contributed by atoms with E-state index in [-0.39, 0.29) is 0 Å². The molecule has 5 nitrogen and oxygen atoms in total. The normalized spacial score (nSPS) is 11.6. The predicted octanol–water partition coefficient (Wildman–Crippen LogP) is 15.7. The maximum absolute atomic E-state index is 11.7. The molecule has 0 aliphatic carbocycles. The van der Waals surface area contributed by atoms with Gasteiger partial charge in [0.15, 0.2) is 5.82 Å². The molecule has 0 N–H and O–H groups in total. The van der Waals surface area contributed by atoms with Gasteiger partial charge in [-0.3, -0.25) is 0 Å². The Bertz CT molecular complexity index is 3690. The number of rotatable bonds is 8. The second kappa shape index (κ2) is 16.5. The third-order valence-electron chi connectivity index (χ3n) is 13.0. The molecule has 314 valence electrons. The van der Waals surface area contributed by atoms with Gasteiger partial charge >= 0.3 is 0 Å². The van der Waals surface area contributed by atoms with Gasteiger partial charge in [0.25, 0.3) is 0 Å². The van der Waals surface area contributed by atoms with Crippen molar-refractivity contribution < 1.29 is 0 Å². The zero-order chi connectivity index (χ0) is 44.9. The van der Waals surface area contributed by atoms with Crippen molar-refractivity contribution >= 4 is 38.8 Å². The zero-order valence-corrected chi connectivity index (χ0v) is 37.3. The second-order valence-electron chi connectivity index (χ2n) is 17.0. The minimum atomic E-state index is 0.539. The molecule has 66 heavy (non-hydrogen) atoms. The fraction of sp³-hybridized carbons (Fsp3) is 0.0656. The van der Waals surface area contributed by atoms with Gasteiger partial charge in [-0.15, -0.1) is 0 Å². The third kappa shape index (κ3) is 6.79. The van der Waals surface area contributed by atoms with E-state index in [9.17, 15) is 5.26 Å². The van der Waals surface area contributed by atoms with Crippen molar-refractivity contribution in [2.75, 3.05) is 0 Å². The molecule has 3 heterocycles. The van der Waals surface area contributed by atoms with Gasteiger partial charge in [0.2, 0.25) is 0 Å². The fourth-order valence-corrected chi connectivity index (χ4v) is 9.74. The highest BCUT2D eigenvalue weighted by Gasteiger charge is 2.25. The average Bonchev–Trinajstić information content (AvgIpc) is 3.84. The van der Waals surface area contributed by atoms with E-state index in [1.165, 1.54) is 22.3 Å². The van der Waals surface area contributed by atoms with E-state index < -0.39 is 0 Å². The number of para-hydroxylation sites is 1. The second-order valence-corrected chi connectivity index (χ2v) is 17.0. The Morgan fingerprint density at radius 2 is 0.955 bits per heavy atom. The number of hydrogen-bond donors (Lipinski definition) is 0. The molecular formula is C61H45N5. The molecule has 0 saturated heterocycles. The number of nitrogens with zero attached hydrogens (tertiary/aromatic N) is 5. The average molecular weight is 848 g/mol. The number of fused-ring (bicyclic) bond motifs is 4. The molecule has 0 atom stereocenters. The maximum atomic E-state index is 11.7. The van der Waals surface area contributed by atoms with Crippen LogP contribution in [0.2, 0.25) is 0 Å². The topological polar surface area (TPSA) is 59.4 Å². The van der Waals surface area contributed by atoms with Gasteiger partial charge in [0, 0.05) is 38.5 Å².